The summed E-state index contributed by atoms with van der Waals surface area (Å²) in [4.78, 5) is 17.0. The quantitative estimate of drug-likeness (QED) is 0.409. The van der Waals surface area contributed by atoms with Crippen LogP contribution in [0.3, 0.4) is 0 Å². The summed E-state index contributed by atoms with van der Waals surface area (Å²) in [5.74, 6) is 0.709. The van der Waals surface area contributed by atoms with E-state index in [1.165, 1.54) is 7.11 Å². The van der Waals surface area contributed by atoms with Gasteiger partial charge in [0.1, 0.15) is 5.75 Å². The number of carbonyl (C=O) groups excluding carboxylic acids is 1. The third-order valence-electron chi connectivity index (χ3n) is 5.00. The number of ether oxygens (including phenoxy) is 1. The van der Waals surface area contributed by atoms with Crippen molar-refractivity contribution in [3.8, 4) is 28.4 Å². The van der Waals surface area contributed by atoms with Crippen LogP contribution in [0.1, 0.15) is 10.4 Å². The molecular formula is C24H17ClN6O2. The predicted octanol–water partition coefficient (Wildman–Crippen LogP) is 4.77. The third-order valence-corrected chi connectivity index (χ3v) is 5.24. The molecule has 3 aromatic heterocycles. The molecule has 0 atom stereocenters. The average molecular weight is 457 g/mol. The summed E-state index contributed by atoms with van der Waals surface area (Å²) in [5, 5.41) is 16.5. The van der Waals surface area contributed by atoms with E-state index in [9.17, 15) is 4.79 Å². The number of hydrogen-bond acceptors (Lipinski definition) is 6. The van der Waals surface area contributed by atoms with E-state index in [4.69, 9.17) is 21.4 Å². The Kier molecular flexibility index (Phi) is 5.42. The van der Waals surface area contributed by atoms with Crippen LogP contribution in [0, 0.1) is 0 Å². The fourth-order valence-corrected chi connectivity index (χ4v) is 3.60. The number of anilines is 1. The van der Waals surface area contributed by atoms with Gasteiger partial charge in [-0.25, -0.2) is 0 Å². The zero-order valence-corrected chi connectivity index (χ0v) is 18.2. The highest BCUT2D eigenvalue weighted by Crippen LogP contribution is 2.26. The summed E-state index contributed by atoms with van der Waals surface area (Å²) in [6.45, 7) is 0. The lowest BCUT2D eigenvalue weighted by atomic mass is 10.1. The van der Waals surface area contributed by atoms with Gasteiger partial charge in [0.2, 0.25) is 0 Å². The number of halogens is 1. The van der Waals surface area contributed by atoms with E-state index in [1.54, 1.807) is 41.2 Å². The molecule has 5 aromatic rings. The van der Waals surface area contributed by atoms with E-state index < -0.39 is 0 Å². The van der Waals surface area contributed by atoms with Gasteiger partial charge in [-0.05, 0) is 54.6 Å². The molecular weight excluding hydrogens is 440 g/mol. The van der Waals surface area contributed by atoms with Gasteiger partial charge in [-0.3, -0.25) is 9.78 Å². The Morgan fingerprint density at radius 3 is 2.70 bits per heavy atom. The lowest BCUT2D eigenvalue weighted by Crippen LogP contribution is -2.13. The molecule has 0 aliphatic heterocycles. The van der Waals surface area contributed by atoms with Crippen LogP contribution in [0.4, 0.5) is 5.69 Å². The van der Waals surface area contributed by atoms with Crippen molar-refractivity contribution < 1.29 is 9.53 Å². The predicted molar refractivity (Wildman–Crippen MR) is 125 cm³/mol. The number of aromatic nitrogens is 5. The smallest absolute Gasteiger partial charge is 0.259 e. The maximum absolute atomic E-state index is 12.8. The molecule has 2 aromatic carbocycles. The van der Waals surface area contributed by atoms with Gasteiger partial charge in [0.05, 0.1) is 18.4 Å². The van der Waals surface area contributed by atoms with Crippen LogP contribution in [-0.2, 0) is 0 Å². The fraction of sp³-hybridized carbons (Fsp3) is 0.0417. The molecule has 5 rings (SSSR count). The van der Waals surface area contributed by atoms with Crippen molar-refractivity contribution in [2.75, 3.05) is 12.4 Å². The Labute approximate surface area is 193 Å². The van der Waals surface area contributed by atoms with Crippen molar-refractivity contribution in [3.63, 3.8) is 0 Å². The number of carbonyl (C=O) groups is 1. The van der Waals surface area contributed by atoms with Crippen LogP contribution in [-0.4, -0.2) is 37.8 Å². The van der Waals surface area contributed by atoms with Crippen LogP contribution in [0.15, 0.2) is 79.1 Å². The van der Waals surface area contributed by atoms with Gasteiger partial charge in [0.25, 0.3) is 5.91 Å². The Morgan fingerprint density at radius 1 is 1.00 bits per heavy atom. The Balaban J connectivity index is 1.47. The first-order valence-electron chi connectivity index (χ1n) is 10.0. The average Bonchev–Trinajstić information content (AvgIpc) is 3.28. The molecule has 33 heavy (non-hydrogen) atoms. The number of pyridine rings is 1. The number of nitrogens with one attached hydrogen (secondary N) is 1. The van der Waals surface area contributed by atoms with Gasteiger partial charge in [0, 0.05) is 34.2 Å². The molecule has 0 radical (unpaired) electrons. The highest BCUT2D eigenvalue weighted by atomic mass is 35.5. The van der Waals surface area contributed by atoms with Crippen LogP contribution in [0.25, 0.3) is 28.3 Å². The summed E-state index contributed by atoms with van der Waals surface area (Å²) in [7, 11) is 1.51. The van der Waals surface area contributed by atoms with Gasteiger partial charge >= 0.3 is 0 Å². The van der Waals surface area contributed by atoms with Crippen LogP contribution >= 0.6 is 11.6 Å². The molecule has 0 unspecified atom stereocenters. The number of fused-ring (bicyclic) bond motifs is 1. The molecule has 0 bridgehead atoms. The highest BCUT2D eigenvalue weighted by Gasteiger charge is 2.15. The topological polar surface area (TPSA) is 94.3 Å². The second kappa shape index (κ2) is 8.68. The molecule has 1 N–H and O–H groups in total. The summed E-state index contributed by atoms with van der Waals surface area (Å²) >= 11 is 6.06. The molecule has 0 fully saturated rings. The van der Waals surface area contributed by atoms with Crippen LogP contribution in [0.2, 0.25) is 5.02 Å². The second-order valence-electron chi connectivity index (χ2n) is 7.13. The number of benzene rings is 2. The Hall–Kier alpha value is -4.30. The van der Waals surface area contributed by atoms with Gasteiger partial charge in [0.15, 0.2) is 11.5 Å². The van der Waals surface area contributed by atoms with E-state index >= 15 is 0 Å². The molecule has 0 aliphatic carbocycles. The van der Waals surface area contributed by atoms with Gasteiger partial charge in [-0.1, -0.05) is 23.7 Å². The van der Waals surface area contributed by atoms with Crippen molar-refractivity contribution in [3.05, 3.63) is 89.7 Å². The number of hydrogen-bond donors (Lipinski definition) is 1. The van der Waals surface area contributed by atoms with Gasteiger partial charge in [-0.15, -0.1) is 10.2 Å². The normalized spacial score (nSPS) is 10.8. The summed E-state index contributed by atoms with van der Waals surface area (Å²) in [5.41, 5.74) is 3.90. The zero-order valence-electron chi connectivity index (χ0n) is 17.4. The number of amides is 1. The van der Waals surface area contributed by atoms with Gasteiger partial charge < -0.3 is 10.1 Å². The lowest BCUT2D eigenvalue weighted by Gasteiger charge is -2.11. The van der Waals surface area contributed by atoms with Crippen molar-refractivity contribution in [2.45, 2.75) is 0 Å². The largest absolute Gasteiger partial charge is 0.496 e. The van der Waals surface area contributed by atoms with Crippen LogP contribution in [0.5, 0.6) is 5.75 Å². The molecule has 1 amide bonds. The first-order valence-corrected chi connectivity index (χ1v) is 10.4. The molecule has 9 heteroatoms. The second-order valence-corrected chi connectivity index (χ2v) is 7.57. The minimum absolute atomic E-state index is 0.326. The summed E-state index contributed by atoms with van der Waals surface area (Å²) < 4.78 is 6.96. The molecule has 0 spiro atoms. The first kappa shape index (κ1) is 20.6. The first-order chi connectivity index (χ1) is 16.1. The maximum atomic E-state index is 12.8. The Morgan fingerprint density at radius 2 is 1.88 bits per heavy atom. The number of rotatable bonds is 5. The van der Waals surface area contributed by atoms with E-state index in [0.717, 1.165) is 11.1 Å². The van der Waals surface area contributed by atoms with E-state index in [-0.39, 0.29) is 5.91 Å². The molecule has 8 nitrogen and oxygen atoms in total. The van der Waals surface area contributed by atoms with E-state index in [0.29, 0.717) is 39.2 Å². The summed E-state index contributed by atoms with van der Waals surface area (Å²) in [6.07, 6.45) is 3.41. The monoisotopic (exact) mass is 456 g/mol. The van der Waals surface area contributed by atoms with Crippen molar-refractivity contribution in [2.24, 2.45) is 0 Å². The molecule has 0 saturated heterocycles. The van der Waals surface area contributed by atoms with Crippen molar-refractivity contribution >= 4 is 28.8 Å². The number of nitrogens with zero attached hydrogens (tertiary/aromatic N) is 5. The Bertz CT molecular complexity index is 1470. The van der Waals surface area contributed by atoms with Gasteiger partial charge in [-0.2, -0.15) is 9.61 Å². The molecule has 0 saturated carbocycles. The third kappa shape index (κ3) is 4.11. The minimum Gasteiger partial charge on any atom is -0.496 e. The van der Waals surface area contributed by atoms with E-state index in [1.807, 2.05) is 42.5 Å². The maximum Gasteiger partial charge on any atom is 0.259 e. The standard InChI is InChI=1S/C24H17ClN6O2/c1-33-21-9-7-17(25)13-19(21)24(32)27-18-6-2-4-15(12-18)20-8-10-22-28-29-23(31(22)30-20)16-5-3-11-26-14-16/h2-14H,1H3,(H,27,32). The molecule has 162 valence electrons. The zero-order chi connectivity index (χ0) is 22.8. The summed E-state index contributed by atoms with van der Waals surface area (Å²) in [6, 6.07) is 19.7. The lowest BCUT2D eigenvalue weighted by molar-refractivity contribution is 0.102. The SMILES string of the molecule is COc1ccc(Cl)cc1C(=O)Nc1cccc(-c2ccc3nnc(-c4cccnc4)n3n2)c1. The number of methoxy groups -OCH3 is 1. The fourth-order valence-electron chi connectivity index (χ4n) is 3.43. The van der Waals surface area contributed by atoms with Crippen molar-refractivity contribution in [1.82, 2.24) is 24.8 Å². The van der Waals surface area contributed by atoms with E-state index in [2.05, 4.69) is 20.5 Å². The molecule has 3 heterocycles. The van der Waals surface area contributed by atoms with Crippen molar-refractivity contribution in [1.29, 1.82) is 0 Å². The van der Waals surface area contributed by atoms with Crippen LogP contribution < -0.4 is 10.1 Å². The minimum atomic E-state index is -0.326. The highest BCUT2D eigenvalue weighted by molar-refractivity contribution is 6.31. The molecule has 0 aliphatic rings.